The van der Waals surface area contributed by atoms with Crippen LogP contribution in [0.1, 0.15) is 12.8 Å². The monoisotopic (exact) mass is 292 g/mol. The van der Waals surface area contributed by atoms with Crippen LogP contribution in [0.5, 0.6) is 0 Å². The Labute approximate surface area is 112 Å². The highest BCUT2D eigenvalue weighted by molar-refractivity contribution is 6.31. The molecule has 2 N–H and O–H groups in total. The Bertz CT molecular complexity index is 490. The zero-order valence-electron chi connectivity index (χ0n) is 9.74. The molecule has 2 rings (SSSR count). The number of alkyl halides is 2. The van der Waals surface area contributed by atoms with Crippen molar-refractivity contribution in [3.8, 4) is 0 Å². The highest BCUT2D eigenvalue weighted by Gasteiger charge is 2.35. The van der Waals surface area contributed by atoms with E-state index in [-0.39, 0.29) is 42.7 Å². The number of halogens is 3. The third-order valence-electron chi connectivity index (χ3n) is 2.74. The molecular formula is C10H11ClF2N4O2. The van der Waals surface area contributed by atoms with Gasteiger partial charge < -0.3 is 10.0 Å². The summed E-state index contributed by atoms with van der Waals surface area (Å²) in [5, 5.41) is 10.5. The molecule has 1 aliphatic heterocycles. The molecule has 0 atom stereocenters. The Hall–Kier alpha value is -1.70. The fourth-order valence-corrected chi connectivity index (χ4v) is 2.05. The van der Waals surface area contributed by atoms with Crippen molar-refractivity contribution in [2.24, 2.45) is 0 Å². The molecule has 0 spiro atoms. The summed E-state index contributed by atoms with van der Waals surface area (Å²) in [6, 6.07) is 0. The van der Waals surface area contributed by atoms with Crippen LogP contribution in [0.2, 0.25) is 5.15 Å². The molecule has 0 bridgehead atoms. The van der Waals surface area contributed by atoms with Crippen molar-refractivity contribution in [3.05, 3.63) is 11.3 Å². The summed E-state index contributed by atoms with van der Waals surface area (Å²) in [5.74, 6) is -2.38. The van der Waals surface area contributed by atoms with E-state index < -0.39 is 12.0 Å². The highest BCUT2D eigenvalue weighted by atomic mass is 35.5. The lowest BCUT2D eigenvalue weighted by Gasteiger charge is -2.32. The van der Waals surface area contributed by atoms with Crippen LogP contribution >= 0.6 is 11.6 Å². The van der Waals surface area contributed by atoms with Crippen molar-refractivity contribution >= 4 is 29.3 Å². The maximum atomic E-state index is 13.0. The summed E-state index contributed by atoms with van der Waals surface area (Å²) >= 11 is 5.88. The molecule has 1 fully saturated rings. The molecule has 1 saturated heterocycles. The van der Waals surface area contributed by atoms with Gasteiger partial charge in [0.25, 0.3) is 5.92 Å². The van der Waals surface area contributed by atoms with Crippen LogP contribution in [0.15, 0.2) is 6.20 Å². The Morgan fingerprint density at radius 1 is 1.47 bits per heavy atom. The molecular weight excluding hydrogens is 282 g/mol. The molecule has 2 heterocycles. The van der Waals surface area contributed by atoms with Crippen LogP contribution in [0.4, 0.5) is 25.2 Å². The lowest BCUT2D eigenvalue weighted by molar-refractivity contribution is -0.0221. The van der Waals surface area contributed by atoms with Crippen LogP contribution in [-0.4, -0.2) is 40.2 Å². The SMILES string of the molecule is O=C(O)Nc1cnc(N2CCC(F)(F)CC2)c(Cl)n1. The molecule has 1 aromatic heterocycles. The van der Waals surface area contributed by atoms with Gasteiger partial charge in [0, 0.05) is 25.9 Å². The fourth-order valence-electron chi connectivity index (χ4n) is 1.79. The molecule has 0 radical (unpaired) electrons. The van der Waals surface area contributed by atoms with Crippen molar-refractivity contribution in [2.45, 2.75) is 18.8 Å². The second kappa shape index (κ2) is 5.12. The first-order chi connectivity index (χ1) is 8.87. The van der Waals surface area contributed by atoms with Gasteiger partial charge in [-0.05, 0) is 0 Å². The predicted octanol–water partition coefficient (Wildman–Crippen LogP) is 2.46. The van der Waals surface area contributed by atoms with Gasteiger partial charge in [-0.25, -0.2) is 23.5 Å². The molecule has 9 heteroatoms. The van der Waals surface area contributed by atoms with Gasteiger partial charge in [0.05, 0.1) is 6.20 Å². The highest BCUT2D eigenvalue weighted by Crippen LogP contribution is 2.32. The van der Waals surface area contributed by atoms with Gasteiger partial charge >= 0.3 is 6.09 Å². The topological polar surface area (TPSA) is 78.3 Å². The van der Waals surface area contributed by atoms with Crippen LogP contribution in [0.25, 0.3) is 0 Å². The minimum atomic E-state index is -2.65. The van der Waals surface area contributed by atoms with E-state index in [1.807, 2.05) is 5.32 Å². The summed E-state index contributed by atoms with van der Waals surface area (Å²) < 4.78 is 26.1. The van der Waals surface area contributed by atoms with E-state index in [4.69, 9.17) is 16.7 Å². The number of hydrogen-bond donors (Lipinski definition) is 2. The Balaban J connectivity index is 2.11. The smallest absolute Gasteiger partial charge is 0.410 e. The van der Waals surface area contributed by atoms with Gasteiger partial charge in [-0.2, -0.15) is 0 Å². The Morgan fingerprint density at radius 2 is 2.11 bits per heavy atom. The van der Waals surface area contributed by atoms with Gasteiger partial charge in [-0.3, -0.25) is 5.32 Å². The first-order valence-corrected chi connectivity index (χ1v) is 5.90. The Morgan fingerprint density at radius 3 is 2.63 bits per heavy atom. The number of piperidine rings is 1. The van der Waals surface area contributed by atoms with Gasteiger partial charge in [0.2, 0.25) is 0 Å². The van der Waals surface area contributed by atoms with Gasteiger partial charge in [-0.1, -0.05) is 11.6 Å². The number of hydrogen-bond acceptors (Lipinski definition) is 4. The lowest BCUT2D eigenvalue weighted by Crippen LogP contribution is -2.40. The number of carboxylic acid groups (broad SMARTS) is 1. The average molecular weight is 293 g/mol. The molecule has 6 nitrogen and oxygen atoms in total. The van der Waals surface area contributed by atoms with Crippen LogP contribution in [0, 0.1) is 0 Å². The second-order valence-electron chi connectivity index (χ2n) is 4.14. The maximum Gasteiger partial charge on any atom is 0.410 e. The molecule has 0 aliphatic carbocycles. The molecule has 0 saturated carbocycles. The molecule has 19 heavy (non-hydrogen) atoms. The number of rotatable bonds is 2. The minimum Gasteiger partial charge on any atom is -0.465 e. The average Bonchev–Trinajstić information content (AvgIpc) is 2.29. The summed E-state index contributed by atoms with van der Waals surface area (Å²) in [5.41, 5.74) is 0. The van der Waals surface area contributed by atoms with Crippen molar-refractivity contribution in [1.29, 1.82) is 0 Å². The number of anilines is 2. The summed E-state index contributed by atoms with van der Waals surface area (Å²) in [6.07, 6.45) is -0.613. The summed E-state index contributed by atoms with van der Waals surface area (Å²) in [7, 11) is 0. The van der Waals surface area contributed by atoms with E-state index >= 15 is 0 Å². The zero-order valence-corrected chi connectivity index (χ0v) is 10.5. The van der Waals surface area contributed by atoms with E-state index in [0.717, 1.165) is 0 Å². The van der Waals surface area contributed by atoms with Gasteiger partial charge in [0.15, 0.2) is 16.8 Å². The first-order valence-electron chi connectivity index (χ1n) is 5.53. The van der Waals surface area contributed by atoms with Gasteiger partial charge in [-0.15, -0.1) is 0 Å². The van der Waals surface area contributed by atoms with Crippen LogP contribution in [0.3, 0.4) is 0 Å². The largest absolute Gasteiger partial charge is 0.465 e. The maximum absolute atomic E-state index is 13.0. The second-order valence-corrected chi connectivity index (χ2v) is 4.50. The molecule has 1 aliphatic rings. The van der Waals surface area contributed by atoms with E-state index in [0.29, 0.717) is 0 Å². The number of amides is 1. The van der Waals surface area contributed by atoms with Crippen molar-refractivity contribution in [1.82, 2.24) is 9.97 Å². The molecule has 0 aromatic carbocycles. The van der Waals surface area contributed by atoms with E-state index in [9.17, 15) is 13.6 Å². The number of nitrogens with one attached hydrogen (secondary N) is 1. The Kier molecular flexibility index (Phi) is 3.70. The molecule has 1 aromatic rings. The number of carbonyl (C=O) groups is 1. The number of nitrogens with zero attached hydrogens (tertiary/aromatic N) is 3. The third kappa shape index (κ3) is 3.40. The zero-order chi connectivity index (χ0) is 14.0. The molecule has 1 amide bonds. The fraction of sp³-hybridized carbons (Fsp3) is 0.500. The molecule has 104 valence electrons. The van der Waals surface area contributed by atoms with E-state index in [2.05, 4.69) is 9.97 Å². The predicted molar refractivity (Wildman–Crippen MR) is 65.1 cm³/mol. The third-order valence-corrected chi connectivity index (χ3v) is 3.00. The van der Waals surface area contributed by atoms with Crippen LogP contribution < -0.4 is 10.2 Å². The first kappa shape index (κ1) is 13.7. The summed E-state index contributed by atoms with van der Waals surface area (Å²) in [4.78, 5) is 19.8. The van der Waals surface area contributed by atoms with Crippen molar-refractivity contribution < 1.29 is 18.7 Å². The van der Waals surface area contributed by atoms with Gasteiger partial charge in [0.1, 0.15) is 0 Å². The quantitative estimate of drug-likeness (QED) is 0.875. The van der Waals surface area contributed by atoms with Crippen molar-refractivity contribution in [3.63, 3.8) is 0 Å². The minimum absolute atomic E-state index is 0.0106. The van der Waals surface area contributed by atoms with E-state index in [1.165, 1.54) is 6.20 Å². The van der Waals surface area contributed by atoms with Crippen molar-refractivity contribution in [2.75, 3.05) is 23.3 Å². The standard InChI is InChI=1S/C10H11ClF2N4O2/c11-7-8(14-5-6(15-7)16-9(18)19)17-3-1-10(12,13)2-4-17/h5H,1-4H2,(H,15,16)(H,18,19). The molecule has 0 unspecified atom stereocenters. The van der Waals surface area contributed by atoms with Crippen LogP contribution in [-0.2, 0) is 0 Å². The normalized spacial score (nSPS) is 18.2. The summed E-state index contributed by atoms with van der Waals surface area (Å²) in [6.45, 7) is 0.264. The number of aromatic nitrogens is 2. The van der Waals surface area contributed by atoms with E-state index in [1.54, 1.807) is 4.90 Å². The lowest BCUT2D eigenvalue weighted by atomic mass is 10.1.